The Morgan fingerprint density at radius 1 is 1.24 bits per heavy atom. The summed E-state index contributed by atoms with van der Waals surface area (Å²) in [6, 6.07) is 10.5. The van der Waals surface area contributed by atoms with Crippen molar-refractivity contribution in [2.45, 2.75) is 44.6 Å². The molecule has 2 aliphatic rings. The normalized spacial score (nSPS) is 30.0. The molecule has 3 nitrogen and oxygen atoms in total. The SMILES string of the molecule is CCC(C(=O)N1C[C@H]2CCC(N)C[C@H]2C1)c1ccccc1. The highest BCUT2D eigenvalue weighted by molar-refractivity contribution is 5.84. The van der Waals surface area contributed by atoms with E-state index >= 15 is 0 Å². The van der Waals surface area contributed by atoms with Gasteiger partial charge in [-0.05, 0) is 43.1 Å². The van der Waals surface area contributed by atoms with Crippen molar-refractivity contribution >= 4 is 5.91 Å². The van der Waals surface area contributed by atoms with Crippen LogP contribution < -0.4 is 5.73 Å². The standard InChI is InChI=1S/C18H26N2O/c1-2-17(13-6-4-3-5-7-13)18(21)20-11-14-8-9-16(19)10-15(14)12-20/h3-7,14-17H,2,8-12,19H2,1H3/t14-,15+,16?,17?/m1/s1. The number of carbonyl (C=O) groups is 1. The molecule has 2 fully saturated rings. The van der Waals surface area contributed by atoms with Crippen LogP contribution in [0.15, 0.2) is 30.3 Å². The summed E-state index contributed by atoms with van der Waals surface area (Å²) in [7, 11) is 0. The van der Waals surface area contributed by atoms with E-state index in [4.69, 9.17) is 5.73 Å². The first-order valence-electron chi connectivity index (χ1n) is 8.28. The highest BCUT2D eigenvalue weighted by Gasteiger charge is 2.39. The summed E-state index contributed by atoms with van der Waals surface area (Å²) >= 11 is 0. The number of hydrogen-bond donors (Lipinski definition) is 1. The minimum absolute atomic E-state index is 0.0139. The summed E-state index contributed by atoms with van der Waals surface area (Å²) in [5.41, 5.74) is 7.24. The second kappa shape index (κ2) is 6.18. The van der Waals surface area contributed by atoms with Crippen molar-refractivity contribution in [3.05, 3.63) is 35.9 Å². The first kappa shape index (κ1) is 14.6. The molecule has 21 heavy (non-hydrogen) atoms. The predicted molar refractivity (Wildman–Crippen MR) is 84.9 cm³/mol. The minimum Gasteiger partial charge on any atom is -0.342 e. The number of amides is 1. The molecule has 114 valence electrons. The second-order valence-corrected chi connectivity index (χ2v) is 6.71. The quantitative estimate of drug-likeness (QED) is 0.928. The van der Waals surface area contributed by atoms with Gasteiger partial charge in [0.25, 0.3) is 0 Å². The molecule has 4 atom stereocenters. The van der Waals surface area contributed by atoms with Crippen LogP contribution in [0.5, 0.6) is 0 Å². The van der Waals surface area contributed by atoms with Gasteiger partial charge in [-0.15, -0.1) is 0 Å². The molecule has 1 aromatic rings. The molecule has 1 amide bonds. The lowest BCUT2D eigenvalue weighted by molar-refractivity contribution is -0.132. The van der Waals surface area contributed by atoms with Crippen molar-refractivity contribution < 1.29 is 4.79 Å². The van der Waals surface area contributed by atoms with Gasteiger partial charge in [0.05, 0.1) is 5.92 Å². The van der Waals surface area contributed by atoms with Gasteiger partial charge in [0.2, 0.25) is 5.91 Å². The average molecular weight is 286 g/mol. The van der Waals surface area contributed by atoms with Gasteiger partial charge in [-0.25, -0.2) is 0 Å². The van der Waals surface area contributed by atoms with Gasteiger partial charge >= 0.3 is 0 Å². The summed E-state index contributed by atoms with van der Waals surface area (Å²) in [6.07, 6.45) is 4.28. The molecule has 3 heteroatoms. The molecule has 1 saturated heterocycles. The monoisotopic (exact) mass is 286 g/mol. The van der Waals surface area contributed by atoms with Crippen molar-refractivity contribution in [1.82, 2.24) is 4.90 Å². The van der Waals surface area contributed by atoms with E-state index in [1.165, 1.54) is 6.42 Å². The zero-order chi connectivity index (χ0) is 14.8. The molecule has 2 unspecified atom stereocenters. The third kappa shape index (κ3) is 2.98. The van der Waals surface area contributed by atoms with Crippen molar-refractivity contribution in [3.8, 4) is 0 Å². The van der Waals surface area contributed by atoms with Gasteiger partial charge in [-0.3, -0.25) is 4.79 Å². The van der Waals surface area contributed by atoms with E-state index in [9.17, 15) is 4.79 Å². The van der Waals surface area contributed by atoms with E-state index in [0.717, 1.165) is 37.9 Å². The fraction of sp³-hybridized carbons (Fsp3) is 0.611. The molecule has 1 aromatic carbocycles. The topological polar surface area (TPSA) is 46.3 Å². The van der Waals surface area contributed by atoms with Gasteiger partial charge in [-0.1, -0.05) is 37.3 Å². The smallest absolute Gasteiger partial charge is 0.230 e. The Kier molecular flexibility index (Phi) is 4.29. The maximum atomic E-state index is 12.9. The number of likely N-dealkylation sites (tertiary alicyclic amines) is 1. The molecule has 0 aromatic heterocycles. The second-order valence-electron chi connectivity index (χ2n) is 6.71. The molecule has 1 aliphatic carbocycles. The molecule has 2 N–H and O–H groups in total. The van der Waals surface area contributed by atoms with Crippen LogP contribution >= 0.6 is 0 Å². The molecule has 1 aliphatic heterocycles. The van der Waals surface area contributed by atoms with Gasteiger partial charge in [0.15, 0.2) is 0 Å². The molecule has 0 radical (unpaired) electrons. The van der Waals surface area contributed by atoms with Crippen LogP contribution in [-0.2, 0) is 4.79 Å². The average Bonchev–Trinajstić information content (AvgIpc) is 2.92. The lowest BCUT2D eigenvalue weighted by Crippen LogP contribution is -2.33. The summed E-state index contributed by atoms with van der Waals surface area (Å²) in [5, 5.41) is 0. The van der Waals surface area contributed by atoms with Crippen molar-refractivity contribution in [2.24, 2.45) is 17.6 Å². The molecule has 1 heterocycles. The molecular weight excluding hydrogens is 260 g/mol. The number of rotatable bonds is 3. The zero-order valence-corrected chi connectivity index (χ0v) is 12.9. The van der Waals surface area contributed by atoms with E-state index in [1.807, 2.05) is 18.2 Å². The Hall–Kier alpha value is -1.35. The van der Waals surface area contributed by atoms with Crippen LogP contribution in [0.3, 0.4) is 0 Å². The minimum atomic E-state index is 0.0139. The highest BCUT2D eigenvalue weighted by Crippen LogP contribution is 2.37. The van der Waals surface area contributed by atoms with Crippen LogP contribution in [0.1, 0.15) is 44.1 Å². The lowest BCUT2D eigenvalue weighted by Gasteiger charge is -2.27. The molecule has 1 saturated carbocycles. The van der Waals surface area contributed by atoms with Crippen molar-refractivity contribution in [2.75, 3.05) is 13.1 Å². The number of benzene rings is 1. The fourth-order valence-electron chi connectivity index (χ4n) is 4.11. The zero-order valence-electron chi connectivity index (χ0n) is 12.9. The van der Waals surface area contributed by atoms with E-state index in [1.54, 1.807) is 0 Å². The van der Waals surface area contributed by atoms with Gasteiger partial charge in [0, 0.05) is 19.1 Å². The predicted octanol–water partition coefficient (Wildman–Crippen LogP) is 2.77. The van der Waals surface area contributed by atoms with Gasteiger partial charge in [0.1, 0.15) is 0 Å². The lowest BCUT2D eigenvalue weighted by atomic mass is 9.79. The summed E-state index contributed by atoms with van der Waals surface area (Å²) in [4.78, 5) is 15.0. The van der Waals surface area contributed by atoms with E-state index in [-0.39, 0.29) is 5.92 Å². The van der Waals surface area contributed by atoms with Crippen LogP contribution in [0, 0.1) is 11.8 Å². The number of carbonyl (C=O) groups excluding carboxylic acids is 1. The number of nitrogens with zero attached hydrogens (tertiary/aromatic N) is 1. The largest absolute Gasteiger partial charge is 0.342 e. The first-order valence-corrected chi connectivity index (χ1v) is 8.28. The van der Waals surface area contributed by atoms with E-state index in [0.29, 0.717) is 23.8 Å². The molecule has 3 rings (SSSR count). The van der Waals surface area contributed by atoms with Gasteiger partial charge < -0.3 is 10.6 Å². The maximum Gasteiger partial charge on any atom is 0.230 e. The maximum absolute atomic E-state index is 12.9. The first-order chi connectivity index (χ1) is 10.2. The van der Waals surface area contributed by atoms with E-state index < -0.39 is 0 Å². The van der Waals surface area contributed by atoms with Crippen LogP contribution in [0.4, 0.5) is 0 Å². The Labute approximate surface area is 127 Å². The summed E-state index contributed by atoms with van der Waals surface area (Å²) in [6.45, 7) is 3.97. The van der Waals surface area contributed by atoms with Crippen LogP contribution in [0.25, 0.3) is 0 Å². The summed E-state index contributed by atoms with van der Waals surface area (Å²) < 4.78 is 0. The van der Waals surface area contributed by atoms with Crippen LogP contribution in [-0.4, -0.2) is 29.9 Å². The number of hydrogen-bond acceptors (Lipinski definition) is 2. The van der Waals surface area contributed by atoms with Crippen molar-refractivity contribution in [1.29, 1.82) is 0 Å². The third-order valence-corrected chi connectivity index (χ3v) is 5.31. The fourth-order valence-corrected chi connectivity index (χ4v) is 4.11. The third-order valence-electron chi connectivity index (χ3n) is 5.31. The molecule has 0 spiro atoms. The Morgan fingerprint density at radius 3 is 2.67 bits per heavy atom. The summed E-state index contributed by atoms with van der Waals surface area (Å²) in [5.74, 6) is 1.64. The molecular formula is C18H26N2O. The Balaban J connectivity index is 1.70. The Morgan fingerprint density at radius 2 is 1.95 bits per heavy atom. The molecule has 0 bridgehead atoms. The number of fused-ring (bicyclic) bond motifs is 1. The Bertz CT molecular complexity index is 487. The number of nitrogens with two attached hydrogens (primary N) is 1. The van der Waals surface area contributed by atoms with Crippen LogP contribution in [0.2, 0.25) is 0 Å². The van der Waals surface area contributed by atoms with E-state index in [2.05, 4.69) is 24.0 Å². The highest BCUT2D eigenvalue weighted by atomic mass is 16.2. The van der Waals surface area contributed by atoms with Crippen molar-refractivity contribution in [3.63, 3.8) is 0 Å². The van der Waals surface area contributed by atoms with Gasteiger partial charge in [-0.2, -0.15) is 0 Å².